The normalized spacial score (nSPS) is 17.0. The Kier molecular flexibility index (Phi) is 5.13. The van der Waals surface area contributed by atoms with Crippen molar-refractivity contribution in [1.29, 1.82) is 0 Å². The van der Waals surface area contributed by atoms with Crippen molar-refractivity contribution < 1.29 is 14.8 Å². The summed E-state index contributed by atoms with van der Waals surface area (Å²) in [6.07, 6.45) is 4.94. The number of nitro benzene ring substituents is 1. The monoisotopic (exact) mass is 306 g/mol. The lowest BCUT2D eigenvalue weighted by atomic mass is 9.85. The van der Waals surface area contributed by atoms with E-state index in [0.29, 0.717) is 24.8 Å². The Morgan fingerprint density at radius 1 is 1.36 bits per heavy atom. The van der Waals surface area contributed by atoms with E-state index in [0.717, 1.165) is 19.3 Å². The van der Waals surface area contributed by atoms with E-state index < -0.39 is 10.5 Å². The number of aliphatic hydroxyl groups is 1. The summed E-state index contributed by atoms with van der Waals surface area (Å²) in [5, 5.41) is 24.1. The molecule has 120 valence electrons. The molecule has 1 fully saturated rings. The van der Waals surface area contributed by atoms with E-state index in [4.69, 9.17) is 0 Å². The molecule has 1 saturated carbocycles. The molecule has 1 aromatic rings. The van der Waals surface area contributed by atoms with Crippen molar-refractivity contribution in [2.75, 3.05) is 6.54 Å². The number of nitrogens with one attached hydrogen (secondary N) is 1. The van der Waals surface area contributed by atoms with Gasteiger partial charge in [0.25, 0.3) is 11.6 Å². The van der Waals surface area contributed by atoms with Gasteiger partial charge in [-0.1, -0.05) is 32.3 Å². The van der Waals surface area contributed by atoms with Crippen molar-refractivity contribution in [3.05, 3.63) is 39.4 Å². The zero-order chi connectivity index (χ0) is 16.2. The van der Waals surface area contributed by atoms with Gasteiger partial charge >= 0.3 is 0 Å². The molecule has 0 heterocycles. The first-order chi connectivity index (χ1) is 10.4. The Morgan fingerprint density at radius 3 is 2.64 bits per heavy atom. The van der Waals surface area contributed by atoms with Crippen molar-refractivity contribution in [2.45, 2.75) is 51.0 Å². The molecule has 6 nitrogen and oxygen atoms in total. The van der Waals surface area contributed by atoms with Crippen molar-refractivity contribution in [3.8, 4) is 0 Å². The van der Waals surface area contributed by atoms with Gasteiger partial charge in [0, 0.05) is 23.7 Å². The summed E-state index contributed by atoms with van der Waals surface area (Å²) in [6.45, 7) is 2.02. The fraction of sp³-hybridized carbons (Fsp3) is 0.562. The van der Waals surface area contributed by atoms with Crippen LogP contribution < -0.4 is 5.32 Å². The second kappa shape index (κ2) is 6.87. The minimum Gasteiger partial charge on any atom is -0.388 e. The SMILES string of the molecule is CCc1ccc(C(=O)NCC2(O)CCCCC2)cc1[N+](=O)[O-]. The summed E-state index contributed by atoms with van der Waals surface area (Å²) in [6, 6.07) is 4.51. The summed E-state index contributed by atoms with van der Waals surface area (Å²) in [4.78, 5) is 22.7. The molecule has 2 N–H and O–H groups in total. The summed E-state index contributed by atoms with van der Waals surface area (Å²) in [5.74, 6) is -0.384. The zero-order valence-electron chi connectivity index (χ0n) is 12.8. The van der Waals surface area contributed by atoms with Gasteiger partial charge in [0.2, 0.25) is 0 Å². The maximum Gasteiger partial charge on any atom is 0.273 e. The quantitative estimate of drug-likeness (QED) is 0.646. The summed E-state index contributed by atoms with van der Waals surface area (Å²) in [7, 11) is 0. The van der Waals surface area contributed by atoms with Crippen LogP contribution in [0, 0.1) is 10.1 Å². The first-order valence-electron chi connectivity index (χ1n) is 7.73. The molecule has 0 unspecified atom stereocenters. The number of carbonyl (C=O) groups excluding carboxylic acids is 1. The molecule has 0 aromatic heterocycles. The number of hydrogen-bond donors (Lipinski definition) is 2. The molecule has 22 heavy (non-hydrogen) atoms. The van der Waals surface area contributed by atoms with E-state index in [1.54, 1.807) is 12.1 Å². The van der Waals surface area contributed by atoms with Crippen LogP contribution in [0.5, 0.6) is 0 Å². The smallest absolute Gasteiger partial charge is 0.273 e. The van der Waals surface area contributed by atoms with Crippen LogP contribution in [-0.4, -0.2) is 28.1 Å². The maximum atomic E-state index is 12.2. The number of benzene rings is 1. The molecule has 1 aromatic carbocycles. The van der Waals surface area contributed by atoms with Crippen LogP contribution in [0.25, 0.3) is 0 Å². The molecule has 0 atom stereocenters. The average molecular weight is 306 g/mol. The third kappa shape index (κ3) is 3.82. The number of carbonyl (C=O) groups is 1. The lowest BCUT2D eigenvalue weighted by Gasteiger charge is -2.32. The van der Waals surface area contributed by atoms with Crippen molar-refractivity contribution in [1.82, 2.24) is 5.32 Å². The Bertz CT molecular complexity index is 565. The van der Waals surface area contributed by atoms with Gasteiger partial charge < -0.3 is 10.4 Å². The summed E-state index contributed by atoms with van der Waals surface area (Å²) < 4.78 is 0. The number of aryl methyl sites for hydroxylation is 1. The minimum atomic E-state index is -0.844. The molecule has 0 radical (unpaired) electrons. The van der Waals surface area contributed by atoms with Crippen LogP contribution in [0.15, 0.2) is 18.2 Å². The Hall–Kier alpha value is -1.95. The number of nitrogens with zero attached hydrogens (tertiary/aromatic N) is 1. The van der Waals surface area contributed by atoms with Gasteiger partial charge in [0.15, 0.2) is 0 Å². The van der Waals surface area contributed by atoms with Crippen LogP contribution in [0.2, 0.25) is 0 Å². The van der Waals surface area contributed by atoms with E-state index in [-0.39, 0.29) is 23.7 Å². The van der Waals surface area contributed by atoms with Crippen LogP contribution in [-0.2, 0) is 6.42 Å². The highest BCUT2D eigenvalue weighted by Crippen LogP contribution is 2.27. The maximum absolute atomic E-state index is 12.2. The minimum absolute atomic E-state index is 0.0356. The topological polar surface area (TPSA) is 92.5 Å². The fourth-order valence-electron chi connectivity index (χ4n) is 2.91. The summed E-state index contributed by atoms with van der Waals surface area (Å²) in [5.41, 5.74) is -0.0225. The van der Waals surface area contributed by atoms with Gasteiger partial charge in [-0.25, -0.2) is 0 Å². The van der Waals surface area contributed by atoms with Gasteiger partial charge in [-0.3, -0.25) is 14.9 Å². The number of rotatable bonds is 5. The van der Waals surface area contributed by atoms with Gasteiger partial charge in [-0.05, 0) is 25.3 Å². The molecule has 0 aliphatic heterocycles. The largest absolute Gasteiger partial charge is 0.388 e. The summed E-state index contributed by atoms with van der Waals surface area (Å²) >= 11 is 0. The predicted octanol–water partition coefficient (Wildman–Crippen LogP) is 2.58. The molecule has 1 amide bonds. The molecular formula is C16H22N2O4. The standard InChI is InChI=1S/C16H22N2O4/c1-2-12-6-7-13(10-14(12)18(21)22)15(19)17-11-16(20)8-4-3-5-9-16/h6-7,10,20H,2-5,8-9,11H2,1H3,(H,17,19). The first-order valence-corrected chi connectivity index (χ1v) is 7.73. The highest BCUT2D eigenvalue weighted by atomic mass is 16.6. The number of nitro groups is 1. The lowest BCUT2D eigenvalue weighted by Crippen LogP contribution is -2.44. The molecule has 0 spiro atoms. The van der Waals surface area contributed by atoms with Gasteiger partial charge in [-0.15, -0.1) is 0 Å². The Morgan fingerprint density at radius 2 is 2.05 bits per heavy atom. The average Bonchev–Trinajstić information content (AvgIpc) is 2.52. The van der Waals surface area contributed by atoms with Crippen LogP contribution in [0.4, 0.5) is 5.69 Å². The van der Waals surface area contributed by atoms with Crippen molar-refractivity contribution in [3.63, 3.8) is 0 Å². The van der Waals surface area contributed by atoms with Crippen LogP contribution in [0.1, 0.15) is 54.9 Å². The third-order valence-corrected chi connectivity index (χ3v) is 4.29. The molecule has 1 aliphatic carbocycles. The van der Waals surface area contributed by atoms with E-state index in [9.17, 15) is 20.0 Å². The number of hydrogen-bond acceptors (Lipinski definition) is 4. The first kappa shape index (κ1) is 16.4. The van der Waals surface area contributed by atoms with Gasteiger partial charge in [-0.2, -0.15) is 0 Å². The third-order valence-electron chi connectivity index (χ3n) is 4.29. The second-order valence-corrected chi connectivity index (χ2v) is 5.92. The predicted molar refractivity (Wildman–Crippen MR) is 82.8 cm³/mol. The van der Waals surface area contributed by atoms with Crippen LogP contribution >= 0.6 is 0 Å². The fourth-order valence-corrected chi connectivity index (χ4v) is 2.91. The molecule has 1 aliphatic rings. The van der Waals surface area contributed by atoms with E-state index in [2.05, 4.69) is 5.32 Å². The number of amides is 1. The van der Waals surface area contributed by atoms with E-state index >= 15 is 0 Å². The molecule has 6 heteroatoms. The highest BCUT2D eigenvalue weighted by Gasteiger charge is 2.29. The highest BCUT2D eigenvalue weighted by molar-refractivity contribution is 5.95. The molecular weight excluding hydrogens is 284 g/mol. The van der Waals surface area contributed by atoms with Gasteiger partial charge in [0.05, 0.1) is 10.5 Å². The second-order valence-electron chi connectivity index (χ2n) is 5.92. The molecule has 2 rings (SSSR count). The zero-order valence-corrected chi connectivity index (χ0v) is 12.8. The lowest BCUT2D eigenvalue weighted by molar-refractivity contribution is -0.385. The molecule has 0 bridgehead atoms. The Balaban J connectivity index is 2.06. The van der Waals surface area contributed by atoms with E-state index in [1.165, 1.54) is 6.07 Å². The van der Waals surface area contributed by atoms with Crippen molar-refractivity contribution >= 4 is 11.6 Å². The Labute approximate surface area is 129 Å². The van der Waals surface area contributed by atoms with E-state index in [1.807, 2.05) is 6.92 Å². The molecule has 0 saturated heterocycles. The van der Waals surface area contributed by atoms with Crippen molar-refractivity contribution in [2.24, 2.45) is 0 Å². The van der Waals surface area contributed by atoms with Gasteiger partial charge in [0.1, 0.15) is 0 Å². The van der Waals surface area contributed by atoms with Crippen LogP contribution in [0.3, 0.4) is 0 Å².